The molecule has 46 heavy (non-hydrogen) atoms. The van der Waals surface area contributed by atoms with Crippen LogP contribution in [0.3, 0.4) is 0 Å². The van der Waals surface area contributed by atoms with Crippen molar-refractivity contribution in [1.82, 2.24) is 0 Å². The molecule has 1 aliphatic carbocycles. The zero-order chi connectivity index (χ0) is 32.8. The summed E-state index contributed by atoms with van der Waals surface area (Å²) in [4.78, 5) is 13.7. The number of fused-ring (bicyclic) bond motifs is 2. The number of benzene rings is 2. The third kappa shape index (κ3) is 12.0. The highest BCUT2D eigenvalue weighted by Gasteiger charge is 2.30. The Bertz CT molecular complexity index is 1310. The molecular formula is C41H56N2O3. The van der Waals surface area contributed by atoms with Crippen LogP contribution in [0.25, 0.3) is 5.57 Å². The van der Waals surface area contributed by atoms with E-state index in [4.69, 9.17) is 9.47 Å². The van der Waals surface area contributed by atoms with Gasteiger partial charge in [-0.1, -0.05) is 129 Å². The molecule has 0 saturated heterocycles. The Morgan fingerprint density at radius 2 is 0.913 bits per heavy atom. The molecule has 0 unspecified atom stereocenters. The fourth-order valence-electron chi connectivity index (χ4n) is 6.29. The number of hydrogen-bond donors (Lipinski definition) is 0. The van der Waals surface area contributed by atoms with Crippen LogP contribution in [0.15, 0.2) is 42.0 Å². The second kappa shape index (κ2) is 22.0. The number of ether oxygens (including phenoxy) is 2. The fraction of sp³-hybridized carbons (Fsp3) is 0.585. The van der Waals surface area contributed by atoms with E-state index in [1.807, 2.05) is 24.3 Å². The molecule has 0 saturated carbocycles. The van der Waals surface area contributed by atoms with Crippen molar-refractivity contribution in [2.45, 2.75) is 142 Å². The van der Waals surface area contributed by atoms with Crippen LogP contribution in [-0.4, -0.2) is 19.0 Å². The van der Waals surface area contributed by atoms with Crippen molar-refractivity contribution in [1.29, 1.82) is 10.5 Å². The molecule has 0 atom stereocenters. The quantitative estimate of drug-likeness (QED) is 0.0731. The van der Waals surface area contributed by atoms with E-state index >= 15 is 0 Å². The first kappa shape index (κ1) is 36.9. The number of allylic oxidation sites excluding steroid dienone is 1. The van der Waals surface area contributed by atoms with Crippen LogP contribution in [0, 0.1) is 22.7 Å². The summed E-state index contributed by atoms with van der Waals surface area (Å²) in [5, 5.41) is 19.7. The Morgan fingerprint density at radius 3 is 1.35 bits per heavy atom. The van der Waals surface area contributed by atoms with Crippen molar-refractivity contribution in [3.63, 3.8) is 0 Å². The summed E-state index contributed by atoms with van der Waals surface area (Å²) in [6.45, 7) is 5.70. The zero-order valence-corrected chi connectivity index (χ0v) is 28.6. The number of carbonyl (C=O) groups is 1. The normalized spacial score (nSPS) is 11.8. The van der Waals surface area contributed by atoms with Gasteiger partial charge in [0.2, 0.25) is 0 Å². The Morgan fingerprint density at radius 1 is 0.522 bits per heavy atom. The minimum absolute atomic E-state index is 0.0131. The van der Waals surface area contributed by atoms with Crippen molar-refractivity contribution in [3.8, 4) is 23.6 Å². The second-order valence-corrected chi connectivity index (χ2v) is 12.8. The van der Waals surface area contributed by atoms with Gasteiger partial charge >= 0.3 is 0 Å². The minimum atomic E-state index is -0.130. The minimum Gasteiger partial charge on any atom is -0.494 e. The number of unbranched alkanes of at least 4 members (excludes halogenated alkanes) is 18. The number of hydrogen-bond acceptors (Lipinski definition) is 5. The Hall–Kier alpha value is -3.57. The van der Waals surface area contributed by atoms with Gasteiger partial charge in [-0.2, -0.15) is 10.5 Å². The van der Waals surface area contributed by atoms with E-state index < -0.39 is 0 Å². The lowest BCUT2D eigenvalue weighted by molar-refractivity contribution is 0.103. The summed E-state index contributed by atoms with van der Waals surface area (Å²) < 4.78 is 12.1. The predicted octanol–water partition coefficient (Wildman–Crippen LogP) is 11.7. The number of rotatable bonds is 24. The molecule has 2 aromatic rings. The molecule has 0 spiro atoms. The van der Waals surface area contributed by atoms with Gasteiger partial charge in [-0.3, -0.25) is 4.79 Å². The van der Waals surface area contributed by atoms with Gasteiger partial charge in [-0.05, 0) is 60.4 Å². The van der Waals surface area contributed by atoms with E-state index in [9.17, 15) is 15.3 Å². The van der Waals surface area contributed by atoms with Gasteiger partial charge < -0.3 is 9.47 Å². The summed E-state index contributed by atoms with van der Waals surface area (Å²) in [6, 6.07) is 14.9. The van der Waals surface area contributed by atoms with Gasteiger partial charge in [0.05, 0.1) is 13.2 Å². The molecule has 2 aromatic carbocycles. The van der Waals surface area contributed by atoms with E-state index in [-0.39, 0.29) is 11.4 Å². The monoisotopic (exact) mass is 624 g/mol. The summed E-state index contributed by atoms with van der Waals surface area (Å²) in [6.07, 6.45) is 25.2. The van der Waals surface area contributed by atoms with Gasteiger partial charge in [-0.25, -0.2) is 0 Å². The first-order valence-electron chi connectivity index (χ1n) is 18.3. The lowest BCUT2D eigenvalue weighted by Gasteiger charge is -2.23. The van der Waals surface area contributed by atoms with Gasteiger partial charge in [0.1, 0.15) is 29.2 Å². The Balaban J connectivity index is 1.53. The third-order valence-electron chi connectivity index (χ3n) is 9.02. The van der Waals surface area contributed by atoms with Crippen molar-refractivity contribution < 1.29 is 14.3 Å². The first-order valence-corrected chi connectivity index (χ1v) is 18.3. The smallest absolute Gasteiger partial charge is 0.194 e. The molecule has 0 aliphatic heterocycles. The van der Waals surface area contributed by atoms with Crippen LogP contribution in [0.2, 0.25) is 0 Å². The van der Waals surface area contributed by atoms with Crippen LogP contribution < -0.4 is 9.47 Å². The topological polar surface area (TPSA) is 83.1 Å². The average molecular weight is 625 g/mol. The molecule has 5 nitrogen and oxygen atoms in total. The van der Waals surface area contributed by atoms with E-state index in [1.54, 1.807) is 12.1 Å². The number of nitrogens with zero attached hydrogens (tertiary/aromatic N) is 2. The summed E-state index contributed by atoms with van der Waals surface area (Å²) >= 11 is 0. The molecule has 0 radical (unpaired) electrons. The van der Waals surface area contributed by atoms with Gasteiger partial charge in [0.25, 0.3) is 0 Å². The molecule has 0 N–H and O–H groups in total. The third-order valence-corrected chi connectivity index (χ3v) is 9.02. The van der Waals surface area contributed by atoms with Gasteiger partial charge in [0.15, 0.2) is 5.78 Å². The molecule has 5 heteroatoms. The SMILES string of the molecule is CCCCCCCCCCCCOc1ccc2c(c1)C(=O)c1ccc(OCCCCCCCCCCCC)cc1C2=C(C#N)C#N. The van der Waals surface area contributed by atoms with Crippen LogP contribution in [0.1, 0.15) is 169 Å². The van der Waals surface area contributed by atoms with Crippen molar-refractivity contribution in [2.75, 3.05) is 13.2 Å². The fourth-order valence-corrected chi connectivity index (χ4v) is 6.29. The van der Waals surface area contributed by atoms with E-state index in [0.29, 0.717) is 52.5 Å². The van der Waals surface area contributed by atoms with Gasteiger partial charge in [-0.15, -0.1) is 0 Å². The average Bonchev–Trinajstić information content (AvgIpc) is 3.08. The Kier molecular flexibility index (Phi) is 17.7. The van der Waals surface area contributed by atoms with Crippen LogP contribution in [0.5, 0.6) is 11.5 Å². The summed E-state index contributed by atoms with van der Waals surface area (Å²) in [5.74, 6) is 1.16. The van der Waals surface area contributed by atoms with Crippen molar-refractivity contribution >= 4 is 11.4 Å². The molecule has 1 aliphatic rings. The van der Waals surface area contributed by atoms with E-state index in [0.717, 1.165) is 25.7 Å². The molecule has 248 valence electrons. The highest BCUT2D eigenvalue weighted by Crippen LogP contribution is 2.40. The maximum absolute atomic E-state index is 13.7. The highest BCUT2D eigenvalue weighted by atomic mass is 16.5. The van der Waals surface area contributed by atoms with E-state index in [2.05, 4.69) is 26.0 Å². The number of ketones is 1. The van der Waals surface area contributed by atoms with Crippen LogP contribution in [-0.2, 0) is 0 Å². The molecule has 0 fully saturated rings. The maximum Gasteiger partial charge on any atom is 0.194 e. The largest absolute Gasteiger partial charge is 0.494 e. The molecule has 0 amide bonds. The highest BCUT2D eigenvalue weighted by molar-refractivity contribution is 6.19. The molecule has 0 aromatic heterocycles. The zero-order valence-electron chi connectivity index (χ0n) is 28.6. The van der Waals surface area contributed by atoms with Crippen LogP contribution in [0.4, 0.5) is 0 Å². The molecule has 0 bridgehead atoms. The summed E-state index contributed by atoms with van der Waals surface area (Å²) in [5.41, 5.74) is 2.58. The van der Waals surface area contributed by atoms with E-state index in [1.165, 1.54) is 103 Å². The maximum atomic E-state index is 13.7. The lowest BCUT2D eigenvalue weighted by atomic mass is 9.79. The first-order chi connectivity index (χ1) is 22.6. The Labute approximate surface area is 279 Å². The number of carbonyl (C=O) groups excluding carboxylic acids is 1. The molecular weight excluding hydrogens is 568 g/mol. The lowest BCUT2D eigenvalue weighted by Crippen LogP contribution is -2.16. The second-order valence-electron chi connectivity index (χ2n) is 12.8. The molecule has 3 rings (SSSR count). The number of nitriles is 2. The van der Waals surface area contributed by atoms with Crippen LogP contribution >= 0.6 is 0 Å². The molecule has 0 heterocycles. The van der Waals surface area contributed by atoms with Gasteiger partial charge in [0, 0.05) is 16.7 Å². The summed E-state index contributed by atoms with van der Waals surface area (Å²) in [7, 11) is 0. The standard InChI is InChI=1S/C41H56N2O3/c1-3-5-7-9-11-13-15-17-19-21-27-45-34-24-26-37-38(29-34)40(33(31-42)32-43)36-25-23-35(30-39(36)41(37)44)46-28-22-20-18-16-14-12-10-8-6-4-2/h23-26,29-30H,3-22,27-28H2,1-2H3. The van der Waals surface area contributed by atoms with Crippen molar-refractivity contribution in [3.05, 3.63) is 64.2 Å². The predicted molar refractivity (Wildman–Crippen MR) is 188 cm³/mol. The van der Waals surface area contributed by atoms with Crippen molar-refractivity contribution in [2.24, 2.45) is 0 Å².